The highest BCUT2D eigenvalue weighted by Crippen LogP contribution is 2.36. The Morgan fingerprint density at radius 1 is 1.00 bits per heavy atom. The summed E-state index contributed by atoms with van der Waals surface area (Å²) in [5.41, 5.74) is 2.97. The number of benzene rings is 1. The number of fused-ring (bicyclic) bond motifs is 3. The van der Waals surface area contributed by atoms with Crippen LogP contribution in [0.2, 0.25) is 0 Å². The van der Waals surface area contributed by atoms with E-state index in [4.69, 9.17) is 0 Å². The van der Waals surface area contributed by atoms with Crippen LogP contribution in [-0.2, 0) is 6.42 Å². The molecule has 0 N–H and O–H groups in total. The molecule has 2 heterocycles. The molecule has 0 spiro atoms. The highest BCUT2D eigenvalue weighted by molar-refractivity contribution is 6.40. The fourth-order valence-electron chi connectivity index (χ4n) is 3.90. The van der Waals surface area contributed by atoms with Crippen LogP contribution in [0, 0.1) is 0 Å². The van der Waals surface area contributed by atoms with E-state index in [0.29, 0.717) is 6.04 Å². The first kappa shape index (κ1) is 10.9. The lowest BCUT2D eigenvalue weighted by molar-refractivity contribution is 0.264. The molecule has 0 bridgehead atoms. The lowest BCUT2D eigenvalue weighted by atomic mass is 9.90. The van der Waals surface area contributed by atoms with E-state index < -0.39 is 0 Å². The zero-order chi connectivity index (χ0) is 11.9. The Morgan fingerprint density at radius 3 is 2.72 bits per heavy atom. The zero-order valence-electron chi connectivity index (χ0n) is 10.9. The van der Waals surface area contributed by atoms with Crippen molar-refractivity contribution in [3.63, 3.8) is 0 Å². The molecule has 2 nitrogen and oxygen atoms in total. The monoisotopic (exact) mass is 239 g/mol. The largest absolute Gasteiger partial charge is 0.400 e. The third-order valence-electron chi connectivity index (χ3n) is 4.86. The summed E-state index contributed by atoms with van der Waals surface area (Å²) in [6.45, 7) is 1.24. The highest BCUT2D eigenvalue weighted by atomic mass is 15.3. The molecule has 1 aromatic rings. The molecular weight excluding hydrogens is 219 g/mol. The number of para-hydroxylation sites is 1. The Morgan fingerprint density at radius 2 is 1.83 bits per heavy atom. The second-order valence-electron chi connectivity index (χ2n) is 6.00. The maximum Gasteiger partial charge on any atom is 0.352 e. The summed E-state index contributed by atoms with van der Waals surface area (Å²) >= 11 is 0. The number of hydrogen-bond donors (Lipinski definition) is 0. The van der Waals surface area contributed by atoms with Gasteiger partial charge in [-0.05, 0) is 30.9 Å². The van der Waals surface area contributed by atoms with Crippen LogP contribution in [-0.4, -0.2) is 31.0 Å². The molecule has 2 fully saturated rings. The van der Waals surface area contributed by atoms with Gasteiger partial charge in [0.15, 0.2) is 0 Å². The average Bonchev–Trinajstić information content (AvgIpc) is 2.97. The van der Waals surface area contributed by atoms with Gasteiger partial charge in [-0.3, -0.25) is 0 Å². The third-order valence-corrected chi connectivity index (χ3v) is 4.86. The predicted molar refractivity (Wildman–Crippen MR) is 75.7 cm³/mol. The third kappa shape index (κ3) is 1.68. The Bertz CT molecular complexity index is 442. The molecule has 0 aromatic heterocycles. The van der Waals surface area contributed by atoms with Crippen LogP contribution in [0.15, 0.2) is 24.3 Å². The van der Waals surface area contributed by atoms with E-state index >= 15 is 0 Å². The molecular formula is C15H20BN2. The summed E-state index contributed by atoms with van der Waals surface area (Å²) in [6, 6.07) is 10.4. The summed E-state index contributed by atoms with van der Waals surface area (Å²) < 4.78 is 0. The van der Waals surface area contributed by atoms with Gasteiger partial charge in [0.2, 0.25) is 0 Å². The lowest BCUT2D eigenvalue weighted by Crippen LogP contribution is -2.39. The molecule has 93 valence electrons. The molecule has 0 unspecified atom stereocenters. The second-order valence-corrected chi connectivity index (χ2v) is 6.00. The van der Waals surface area contributed by atoms with Gasteiger partial charge in [0.1, 0.15) is 0 Å². The van der Waals surface area contributed by atoms with E-state index in [9.17, 15) is 0 Å². The van der Waals surface area contributed by atoms with E-state index in [1.807, 2.05) is 0 Å². The van der Waals surface area contributed by atoms with Crippen LogP contribution in [0.1, 0.15) is 37.7 Å². The molecule has 0 amide bonds. The minimum Gasteiger partial charge on any atom is -0.400 e. The number of anilines is 1. The smallest absolute Gasteiger partial charge is 0.352 e. The van der Waals surface area contributed by atoms with Gasteiger partial charge in [-0.25, -0.2) is 0 Å². The van der Waals surface area contributed by atoms with E-state index in [-0.39, 0.29) is 0 Å². The van der Waals surface area contributed by atoms with Gasteiger partial charge < -0.3 is 9.62 Å². The van der Waals surface area contributed by atoms with Gasteiger partial charge in [-0.2, -0.15) is 0 Å². The van der Waals surface area contributed by atoms with Crippen LogP contribution in [0.4, 0.5) is 5.69 Å². The second kappa shape index (κ2) is 4.31. The first-order valence-electron chi connectivity index (χ1n) is 7.39. The summed E-state index contributed by atoms with van der Waals surface area (Å²) in [6.07, 6.45) is 8.33. The van der Waals surface area contributed by atoms with Gasteiger partial charge in [-0.1, -0.05) is 37.5 Å². The topological polar surface area (TPSA) is 6.48 Å². The van der Waals surface area contributed by atoms with Gasteiger partial charge in [0.25, 0.3) is 0 Å². The molecule has 1 radical (unpaired) electrons. The summed E-state index contributed by atoms with van der Waals surface area (Å²) in [7, 11) is 2.41. The Kier molecular flexibility index (Phi) is 2.61. The predicted octanol–water partition coefficient (Wildman–Crippen LogP) is 2.60. The number of rotatable bonds is 1. The van der Waals surface area contributed by atoms with Gasteiger partial charge in [0.05, 0.1) is 0 Å². The molecule has 1 aliphatic carbocycles. The van der Waals surface area contributed by atoms with Crippen molar-refractivity contribution >= 4 is 13.2 Å². The molecule has 4 rings (SSSR count). The Hall–Kier alpha value is -0.955. The SMILES string of the molecule is [B]1N(C2CCCCC2)C[C@@H]2Cc3ccccc3N12. The first-order valence-corrected chi connectivity index (χ1v) is 7.39. The van der Waals surface area contributed by atoms with Gasteiger partial charge in [-0.15, -0.1) is 0 Å². The van der Waals surface area contributed by atoms with Crippen molar-refractivity contribution in [2.24, 2.45) is 0 Å². The molecule has 3 aliphatic rings. The summed E-state index contributed by atoms with van der Waals surface area (Å²) in [5.74, 6) is 0. The summed E-state index contributed by atoms with van der Waals surface area (Å²) in [5, 5.41) is 0. The summed E-state index contributed by atoms with van der Waals surface area (Å²) in [4.78, 5) is 5.14. The van der Waals surface area contributed by atoms with Crippen molar-refractivity contribution in [2.75, 3.05) is 11.4 Å². The van der Waals surface area contributed by atoms with Crippen molar-refractivity contribution < 1.29 is 0 Å². The normalized spacial score (nSPS) is 28.0. The van der Waals surface area contributed by atoms with Crippen LogP contribution in [0.25, 0.3) is 0 Å². The van der Waals surface area contributed by atoms with Gasteiger partial charge in [0, 0.05) is 24.3 Å². The van der Waals surface area contributed by atoms with Crippen LogP contribution in [0.3, 0.4) is 0 Å². The van der Waals surface area contributed by atoms with Crippen molar-refractivity contribution in [2.45, 2.75) is 50.6 Å². The fourth-order valence-corrected chi connectivity index (χ4v) is 3.90. The van der Waals surface area contributed by atoms with E-state index in [2.05, 4.69) is 41.4 Å². The maximum absolute atomic E-state index is 2.62. The molecule has 2 aliphatic heterocycles. The average molecular weight is 239 g/mol. The van der Waals surface area contributed by atoms with Crippen molar-refractivity contribution in [3.05, 3.63) is 29.8 Å². The Balaban J connectivity index is 1.52. The molecule has 3 heteroatoms. The van der Waals surface area contributed by atoms with Gasteiger partial charge >= 0.3 is 7.55 Å². The number of hydrogen-bond acceptors (Lipinski definition) is 2. The molecule has 18 heavy (non-hydrogen) atoms. The number of nitrogens with zero attached hydrogens (tertiary/aromatic N) is 2. The minimum atomic E-state index is 0.698. The zero-order valence-corrected chi connectivity index (χ0v) is 10.9. The maximum atomic E-state index is 2.62. The Labute approximate surface area is 110 Å². The van der Waals surface area contributed by atoms with E-state index in [0.717, 1.165) is 6.04 Å². The lowest BCUT2D eigenvalue weighted by Gasteiger charge is -2.30. The van der Waals surface area contributed by atoms with Crippen LogP contribution < -0.4 is 4.81 Å². The van der Waals surface area contributed by atoms with E-state index in [1.165, 1.54) is 56.3 Å². The first-order chi connectivity index (χ1) is 8.92. The molecule has 1 saturated carbocycles. The minimum absolute atomic E-state index is 0.698. The van der Waals surface area contributed by atoms with E-state index in [1.54, 1.807) is 0 Å². The highest BCUT2D eigenvalue weighted by Gasteiger charge is 2.40. The molecule has 1 aromatic carbocycles. The van der Waals surface area contributed by atoms with Crippen molar-refractivity contribution in [1.82, 2.24) is 4.81 Å². The van der Waals surface area contributed by atoms with Crippen LogP contribution >= 0.6 is 0 Å². The molecule has 1 saturated heterocycles. The van der Waals surface area contributed by atoms with Crippen LogP contribution in [0.5, 0.6) is 0 Å². The van der Waals surface area contributed by atoms with Crippen molar-refractivity contribution in [3.8, 4) is 0 Å². The van der Waals surface area contributed by atoms with Crippen molar-refractivity contribution in [1.29, 1.82) is 0 Å². The standard InChI is InChI=1S/C15H20BN2/c1-2-7-13(8-3-1)17-11-14-10-12-6-4-5-9-15(12)18(14)16-17/h4-6,9,13-14H,1-3,7-8,10-11H2/t14-/m0/s1. The fraction of sp³-hybridized carbons (Fsp3) is 0.600. The quantitative estimate of drug-likeness (QED) is 0.695. The molecule has 1 atom stereocenters.